The topological polar surface area (TPSA) is 49.4 Å². The van der Waals surface area contributed by atoms with Crippen molar-refractivity contribution in [2.45, 2.75) is 36.5 Å². The average molecular weight is 318 g/mol. The van der Waals surface area contributed by atoms with Gasteiger partial charge in [0.1, 0.15) is 0 Å². The molecule has 118 valence electrons. The van der Waals surface area contributed by atoms with E-state index in [0.717, 1.165) is 38.2 Å². The molecule has 0 amide bonds. The molecular formula is C14H20F2N2O2S. The SMILES string of the molecule is CCNCC1CCCN1c1ccc(S(=O)(=O)C(F)F)cc1. The number of halogens is 2. The summed E-state index contributed by atoms with van der Waals surface area (Å²) in [7, 11) is -4.51. The molecule has 0 bridgehead atoms. The van der Waals surface area contributed by atoms with Crippen molar-refractivity contribution >= 4 is 15.5 Å². The Labute approximate surface area is 124 Å². The minimum atomic E-state index is -4.51. The lowest BCUT2D eigenvalue weighted by Gasteiger charge is -2.27. The van der Waals surface area contributed by atoms with Gasteiger partial charge in [0.25, 0.3) is 0 Å². The molecule has 2 rings (SSSR count). The Morgan fingerprint density at radius 2 is 2.00 bits per heavy atom. The van der Waals surface area contributed by atoms with Gasteiger partial charge in [-0.3, -0.25) is 0 Å². The first-order valence-electron chi connectivity index (χ1n) is 7.06. The summed E-state index contributed by atoms with van der Waals surface area (Å²) >= 11 is 0. The molecule has 7 heteroatoms. The first-order valence-corrected chi connectivity index (χ1v) is 8.61. The number of alkyl halides is 2. The standard InChI is InChI=1S/C14H20F2N2O2S/c1-2-17-10-12-4-3-9-18(12)11-5-7-13(8-6-11)21(19,20)14(15)16/h5-8,12,14,17H,2-4,9-10H2,1H3. The predicted octanol–water partition coefficient (Wildman–Crippen LogP) is 2.26. The number of benzene rings is 1. The van der Waals surface area contributed by atoms with E-state index in [4.69, 9.17) is 0 Å². The van der Waals surface area contributed by atoms with Crippen LogP contribution in [0.5, 0.6) is 0 Å². The summed E-state index contributed by atoms with van der Waals surface area (Å²) in [6.45, 7) is 4.71. The lowest BCUT2D eigenvalue weighted by molar-refractivity contribution is 0.234. The van der Waals surface area contributed by atoms with Gasteiger partial charge >= 0.3 is 5.76 Å². The molecule has 4 nitrogen and oxygen atoms in total. The van der Waals surface area contributed by atoms with Crippen LogP contribution < -0.4 is 10.2 Å². The minimum absolute atomic E-state index is 0.330. The van der Waals surface area contributed by atoms with Crippen molar-refractivity contribution in [3.8, 4) is 0 Å². The van der Waals surface area contributed by atoms with Gasteiger partial charge in [-0.15, -0.1) is 0 Å². The van der Waals surface area contributed by atoms with Gasteiger partial charge in [0.05, 0.1) is 4.90 Å². The maximum absolute atomic E-state index is 12.5. The predicted molar refractivity (Wildman–Crippen MR) is 78.5 cm³/mol. The van der Waals surface area contributed by atoms with Gasteiger partial charge in [-0.05, 0) is 43.7 Å². The molecule has 1 aliphatic rings. The molecule has 0 radical (unpaired) electrons. The first kappa shape index (κ1) is 16.2. The minimum Gasteiger partial charge on any atom is -0.367 e. The Morgan fingerprint density at radius 3 is 2.57 bits per heavy atom. The second kappa shape index (κ2) is 6.70. The summed E-state index contributed by atoms with van der Waals surface area (Å²) in [6, 6.07) is 6.11. The number of anilines is 1. The molecule has 21 heavy (non-hydrogen) atoms. The molecule has 0 aromatic heterocycles. The van der Waals surface area contributed by atoms with Crippen LogP contribution in [-0.4, -0.2) is 39.9 Å². The normalized spacial score (nSPS) is 19.4. The van der Waals surface area contributed by atoms with Crippen LogP contribution in [0.1, 0.15) is 19.8 Å². The van der Waals surface area contributed by atoms with E-state index < -0.39 is 15.6 Å². The Morgan fingerprint density at radius 1 is 1.33 bits per heavy atom. The molecule has 1 atom stereocenters. The maximum atomic E-state index is 12.5. The molecule has 1 saturated heterocycles. The van der Waals surface area contributed by atoms with Crippen LogP contribution in [0.3, 0.4) is 0 Å². The summed E-state index contributed by atoms with van der Waals surface area (Å²) in [6.07, 6.45) is 2.15. The number of sulfone groups is 1. The van der Waals surface area contributed by atoms with E-state index in [0.29, 0.717) is 6.04 Å². The van der Waals surface area contributed by atoms with E-state index in [2.05, 4.69) is 10.2 Å². The summed E-state index contributed by atoms with van der Waals surface area (Å²) in [4.78, 5) is 1.87. The molecule has 0 aliphatic carbocycles. The molecule has 1 aliphatic heterocycles. The van der Waals surface area contributed by atoms with E-state index >= 15 is 0 Å². The second-order valence-corrected chi connectivity index (χ2v) is 7.01. The van der Waals surface area contributed by atoms with Crippen molar-refractivity contribution in [3.63, 3.8) is 0 Å². The third kappa shape index (κ3) is 3.52. The third-order valence-corrected chi connectivity index (χ3v) is 5.14. The average Bonchev–Trinajstić information content (AvgIpc) is 2.93. The van der Waals surface area contributed by atoms with Crippen molar-refractivity contribution in [3.05, 3.63) is 24.3 Å². The number of nitrogens with one attached hydrogen (secondary N) is 1. The summed E-state index contributed by atoms with van der Waals surface area (Å²) in [5.74, 6) is -3.38. The molecule has 1 aromatic rings. The van der Waals surface area contributed by atoms with Crippen molar-refractivity contribution in [1.29, 1.82) is 0 Å². The van der Waals surface area contributed by atoms with Crippen LogP contribution in [0.25, 0.3) is 0 Å². The van der Waals surface area contributed by atoms with Gasteiger partial charge in [0.15, 0.2) is 0 Å². The fraction of sp³-hybridized carbons (Fsp3) is 0.571. The number of hydrogen-bond donors (Lipinski definition) is 1. The zero-order chi connectivity index (χ0) is 15.5. The van der Waals surface area contributed by atoms with Crippen LogP contribution in [0, 0.1) is 0 Å². The highest BCUT2D eigenvalue weighted by Crippen LogP contribution is 2.27. The van der Waals surface area contributed by atoms with Crippen molar-refractivity contribution in [2.75, 3.05) is 24.5 Å². The fourth-order valence-corrected chi connectivity index (χ4v) is 3.35. The highest BCUT2D eigenvalue weighted by molar-refractivity contribution is 7.91. The van der Waals surface area contributed by atoms with Gasteiger partial charge in [0.2, 0.25) is 9.84 Å². The van der Waals surface area contributed by atoms with Gasteiger partial charge in [-0.1, -0.05) is 6.92 Å². The van der Waals surface area contributed by atoms with Crippen LogP contribution in [0.2, 0.25) is 0 Å². The number of hydrogen-bond acceptors (Lipinski definition) is 4. The Hall–Kier alpha value is -1.21. The largest absolute Gasteiger partial charge is 0.367 e. The van der Waals surface area contributed by atoms with E-state index in [9.17, 15) is 17.2 Å². The monoisotopic (exact) mass is 318 g/mol. The Kier molecular flexibility index (Phi) is 5.16. The molecule has 0 saturated carbocycles. The Bertz CT molecular complexity index is 561. The molecule has 1 fully saturated rings. The van der Waals surface area contributed by atoms with Crippen molar-refractivity contribution in [1.82, 2.24) is 5.32 Å². The molecule has 0 spiro atoms. The Balaban J connectivity index is 2.15. The van der Waals surface area contributed by atoms with E-state index in [1.165, 1.54) is 12.1 Å². The second-order valence-electron chi connectivity index (χ2n) is 5.10. The van der Waals surface area contributed by atoms with Crippen LogP contribution in [0.15, 0.2) is 29.2 Å². The molecule has 1 N–H and O–H groups in total. The summed E-state index contributed by atoms with van der Waals surface area (Å²) in [5.41, 5.74) is 0.878. The quantitative estimate of drug-likeness (QED) is 0.874. The first-order chi connectivity index (χ1) is 9.96. The summed E-state index contributed by atoms with van der Waals surface area (Å²) in [5, 5.41) is 3.30. The van der Waals surface area contributed by atoms with Gasteiger partial charge < -0.3 is 10.2 Å². The van der Waals surface area contributed by atoms with Crippen LogP contribution >= 0.6 is 0 Å². The molecular weight excluding hydrogens is 298 g/mol. The number of likely N-dealkylation sites (N-methyl/N-ethyl adjacent to an activating group) is 1. The number of rotatable bonds is 6. The van der Waals surface area contributed by atoms with Crippen molar-refractivity contribution < 1.29 is 17.2 Å². The zero-order valence-corrected chi connectivity index (χ0v) is 12.7. The maximum Gasteiger partial charge on any atom is 0.341 e. The fourth-order valence-electron chi connectivity index (χ4n) is 2.63. The smallest absolute Gasteiger partial charge is 0.341 e. The van der Waals surface area contributed by atoms with Crippen LogP contribution in [0.4, 0.5) is 14.5 Å². The zero-order valence-electron chi connectivity index (χ0n) is 11.9. The molecule has 1 aromatic carbocycles. The highest BCUT2D eigenvalue weighted by atomic mass is 32.2. The molecule has 1 unspecified atom stereocenters. The number of nitrogens with zero attached hydrogens (tertiary/aromatic N) is 1. The summed E-state index contributed by atoms with van der Waals surface area (Å²) < 4.78 is 47.8. The van der Waals surface area contributed by atoms with E-state index in [-0.39, 0.29) is 4.90 Å². The van der Waals surface area contributed by atoms with Crippen LogP contribution in [-0.2, 0) is 9.84 Å². The van der Waals surface area contributed by atoms with Gasteiger partial charge in [-0.25, -0.2) is 8.42 Å². The highest BCUT2D eigenvalue weighted by Gasteiger charge is 2.28. The van der Waals surface area contributed by atoms with E-state index in [1.807, 2.05) is 6.92 Å². The van der Waals surface area contributed by atoms with Gasteiger partial charge in [0, 0.05) is 24.8 Å². The lowest BCUT2D eigenvalue weighted by Crippen LogP contribution is -2.37. The molecule has 1 heterocycles. The van der Waals surface area contributed by atoms with Crippen molar-refractivity contribution in [2.24, 2.45) is 0 Å². The van der Waals surface area contributed by atoms with E-state index in [1.54, 1.807) is 12.1 Å². The third-order valence-electron chi connectivity index (χ3n) is 3.74. The van der Waals surface area contributed by atoms with Gasteiger partial charge in [-0.2, -0.15) is 8.78 Å². The lowest BCUT2D eigenvalue weighted by atomic mass is 10.2.